The van der Waals surface area contributed by atoms with E-state index in [9.17, 15) is 5.11 Å². The van der Waals surface area contributed by atoms with Gasteiger partial charge >= 0.3 is 0 Å². The van der Waals surface area contributed by atoms with Gasteiger partial charge in [-0.1, -0.05) is 41.1 Å². The van der Waals surface area contributed by atoms with Gasteiger partial charge in [0.05, 0.1) is 18.2 Å². The molecule has 0 saturated heterocycles. The van der Waals surface area contributed by atoms with Crippen molar-refractivity contribution in [2.45, 2.75) is 12.6 Å². The van der Waals surface area contributed by atoms with E-state index in [4.69, 9.17) is 11.6 Å². The number of hydrogen-bond donors (Lipinski definition) is 1. The molecule has 3 aromatic rings. The van der Waals surface area contributed by atoms with E-state index in [1.54, 1.807) is 16.8 Å². The van der Waals surface area contributed by atoms with Crippen LogP contribution in [0.4, 0.5) is 0 Å². The highest BCUT2D eigenvalue weighted by molar-refractivity contribution is 6.30. The van der Waals surface area contributed by atoms with Crippen LogP contribution in [-0.2, 0) is 6.54 Å². The summed E-state index contributed by atoms with van der Waals surface area (Å²) in [5, 5.41) is 19.0. The lowest BCUT2D eigenvalue weighted by molar-refractivity contribution is 0.152. The van der Waals surface area contributed by atoms with Crippen LogP contribution in [0.1, 0.15) is 11.7 Å². The first kappa shape index (κ1) is 12.1. The molecule has 19 heavy (non-hydrogen) atoms. The smallest absolute Gasteiger partial charge is 0.113 e. The zero-order valence-electron chi connectivity index (χ0n) is 10.1. The molecule has 1 N–H and O–H groups in total. The Morgan fingerprint density at radius 2 is 1.84 bits per heavy atom. The Bertz CT molecular complexity index is 693. The summed E-state index contributed by atoms with van der Waals surface area (Å²) in [6, 6.07) is 14.8. The number of para-hydroxylation sites is 1. The van der Waals surface area contributed by atoms with Gasteiger partial charge in [-0.15, -0.1) is 5.10 Å². The van der Waals surface area contributed by atoms with Gasteiger partial charge in [0.25, 0.3) is 0 Å². The van der Waals surface area contributed by atoms with E-state index in [0.29, 0.717) is 11.6 Å². The highest BCUT2D eigenvalue weighted by Crippen LogP contribution is 2.19. The number of aromatic nitrogens is 3. The predicted molar refractivity (Wildman–Crippen MR) is 73.9 cm³/mol. The molecule has 1 atom stereocenters. The molecule has 0 spiro atoms. The molecule has 1 aromatic heterocycles. The van der Waals surface area contributed by atoms with E-state index in [1.165, 1.54) is 0 Å². The van der Waals surface area contributed by atoms with Crippen LogP contribution in [0.2, 0.25) is 5.02 Å². The molecule has 3 rings (SSSR count). The fourth-order valence-corrected chi connectivity index (χ4v) is 2.13. The van der Waals surface area contributed by atoms with Crippen molar-refractivity contribution in [3.05, 3.63) is 59.1 Å². The van der Waals surface area contributed by atoms with Crippen molar-refractivity contribution in [3.63, 3.8) is 0 Å². The molecule has 0 aliphatic rings. The first-order chi connectivity index (χ1) is 9.24. The summed E-state index contributed by atoms with van der Waals surface area (Å²) in [7, 11) is 0. The minimum atomic E-state index is -0.637. The zero-order chi connectivity index (χ0) is 13.2. The Morgan fingerprint density at radius 3 is 2.63 bits per heavy atom. The van der Waals surface area contributed by atoms with Crippen molar-refractivity contribution in [3.8, 4) is 0 Å². The van der Waals surface area contributed by atoms with E-state index < -0.39 is 6.10 Å². The van der Waals surface area contributed by atoms with Gasteiger partial charge in [-0.2, -0.15) is 0 Å². The predicted octanol–water partition coefficient (Wildman–Crippen LogP) is 2.82. The Balaban J connectivity index is 1.86. The first-order valence-corrected chi connectivity index (χ1v) is 6.33. The second-order valence-electron chi connectivity index (χ2n) is 4.33. The van der Waals surface area contributed by atoms with Crippen LogP contribution >= 0.6 is 11.6 Å². The largest absolute Gasteiger partial charge is 0.386 e. The highest BCUT2D eigenvalue weighted by atomic mass is 35.5. The van der Waals surface area contributed by atoms with Crippen LogP contribution in [0.3, 0.4) is 0 Å². The Hall–Kier alpha value is -1.91. The number of aliphatic hydroxyl groups is 1. The van der Waals surface area contributed by atoms with Crippen molar-refractivity contribution in [2.24, 2.45) is 0 Å². The molecule has 0 fully saturated rings. The van der Waals surface area contributed by atoms with Gasteiger partial charge in [-0.3, -0.25) is 0 Å². The monoisotopic (exact) mass is 273 g/mol. The fourth-order valence-electron chi connectivity index (χ4n) is 2.01. The first-order valence-electron chi connectivity index (χ1n) is 5.96. The minimum absolute atomic E-state index is 0.363. The normalized spacial score (nSPS) is 12.7. The third kappa shape index (κ3) is 2.45. The van der Waals surface area contributed by atoms with E-state index in [-0.39, 0.29) is 0 Å². The maximum Gasteiger partial charge on any atom is 0.113 e. The van der Waals surface area contributed by atoms with Crippen molar-refractivity contribution >= 4 is 22.6 Å². The molecule has 0 aliphatic heterocycles. The van der Waals surface area contributed by atoms with Crippen molar-refractivity contribution in [1.29, 1.82) is 0 Å². The zero-order valence-corrected chi connectivity index (χ0v) is 10.8. The number of rotatable bonds is 3. The van der Waals surface area contributed by atoms with Gasteiger partial charge in [0.1, 0.15) is 5.52 Å². The molecular weight excluding hydrogens is 262 g/mol. The quantitative estimate of drug-likeness (QED) is 0.798. The fraction of sp³-hybridized carbons (Fsp3) is 0.143. The number of hydrogen-bond acceptors (Lipinski definition) is 3. The van der Waals surface area contributed by atoms with Gasteiger partial charge in [-0.25, -0.2) is 4.68 Å². The summed E-state index contributed by atoms with van der Waals surface area (Å²) in [6.45, 7) is 0.363. The summed E-state index contributed by atoms with van der Waals surface area (Å²) in [5.74, 6) is 0. The van der Waals surface area contributed by atoms with Crippen LogP contribution in [-0.4, -0.2) is 20.1 Å². The van der Waals surface area contributed by atoms with Gasteiger partial charge in [0.15, 0.2) is 0 Å². The maximum atomic E-state index is 10.2. The third-order valence-corrected chi connectivity index (χ3v) is 3.27. The average molecular weight is 274 g/mol. The lowest BCUT2D eigenvalue weighted by Gasteiger charge is -2.11. The topological polar surface area (TPSA) is 50.9 Å². The highest BCUT2D eigenvalue weighted by Gasteiger charge is 2.11. The average Bonchev–Trinajstić information content (AvgIpc) is 2.83. The van der Waals surface area contributed by atoms with Gasteiger partial charge < -0.3 is 5.11 Å². The molecule has 0 bridgehead atoms. The van der Waals surface area contributed by atoms with Crippen LogP contribution in [0, 0.1) is 0 Å². The van der Waals surface area contributed by atoms with Gasteiger partial charge in [0.2, 0.25) is 0 Å². The molecule has 96 valence electrons. The molecule has 1 heterocycles. The second-order valence-corrected chi connectivity index (χ2v) is 4.76. The van der Waals surface area contributed by atoms with Crippen LogP contribution in [0.15, 0.2) is 48.5 Å². The van der Waals surface area contributed by atoms with E-state index in [1.807, 2.05) is 36.4 Å². The van der Waals surface area contributed by atoms with E-state index >= 15 is 0 Å². The maximum absolute atomic E-state index is 10.2. The lowest BCUT2D eigenvalue weighted by Crippen LogP contribution is -2.10. The van der Waals surface area contributed by atoms with E-state index in [2.05, 4.69) is 10.3 Å². The summed E-state index contributed by atoms with van der Waals surface area (Å²) >= 11 is 5.83. The second kappa shape index (κ2) is 4.99. The van der Waals surface area contributed by atoms with Crippen LogP contribution < -0.4 is 0 Å². The van der Waals surface area contributed by atoms with Crippen molar-refractivity contribution in [1.82, 2.24) is 15.0 Å². The lowest BCUT2D eigenvalue weighted by atomic mass is 10.1. The number of benzene rings is 2. The summed E-state index contributed by atoms with van der Waals surface area (Å²) in [6.07, 6.45) is -0.637. The summed E-state index contributed by atoms with van der Waals surface area (Å²) < 4.78 is 1.70. The van der Waals surface area contributed by atoms with E-state index in [0.717, 1.165) is 16.6 Å². The molecule has 0 radical (unpaired) electrons. The molecule has 0 aliphatic carbocycles. The summed E-state index contributed by atoms with van der Waals surface area (Å²) in [4.78, 5) is 0. The molecule has 0 saturated carbocycles. The minimum Gasteiger partial charge on any atom is -0.386 e. The number of halogens is 1. The standard InChI is InChI=1S/C14H12ClN3O/c15-11-7-5-10(6-8-11)14(19)9-18-13-4-2-1-3-12(13)16-17-18/h1-8,14,19H,9H2/t14-/m1/s1. The Morgan fingerprint density at radius 1 is 1.11 bits per heavy atom. The van der Waals surface area contributed by atoms with Gasteiger partial charge in [-0.05, 0) is 29.8 Å². The van der Waals surface area contributed by atoms with Crippen LogP contribution in [0.25, 0.3) is 11.0 Å². The molecule has 4 nitrogen and oxygen atoms in total. The Labute approximate surface area is 115 Å². The summed E-state index contributed by atoms with van der Waals surface area (Å²) in [5.41, 5.74) is 2.55. The molecule has 5 heteroatoms. The van der Waals surface area contributed by atoms with Gasteiger partial charge in [0, 0.05) is 5.02 Å². The molecular formula is C14H12ClN3O. The number of nitrogens with zero attached hydrogens (tertiary/aromatic N) is 3. The SMILES string of the molecule is O[C@H](Cn1nnc2ccccc21)c1ccc(Cl)cc1. The number of fused-ring (bicyclic) bond motifs is 1. The molecule has 2 aromatic carbocycles. The third-order valence-electron chi connectivity index (χ3n) is 3.02. The molecule has 0 amide bonds. The van der Waals surface area contributed by atoms with Crippen molar-refractivity contribution < 1.29 is 5.11 Å². The molecule has 0 unspecified atom stereocenters. The number of aliphatic hydroxyl groups excluding tert-OH is 1. The van der Waals surface area contributed by atoms with Crippen LogP contribution in [0.5, 0.6) is 0 Å². The van der Waals surface area contributed by atoms with Crippen molar-refractivity contribution in [2.75, 3.05) is 0 Å². The Kier molecular flexibility index (Phi) is 3.19.